The number of methoxy groups -OCH3 is 1. The van der Waals surface area contributed by atoms with Gasteiger partial charge < -0.3 is 29.6 Å². The first-order chi connectivity index (χ1) is 19.9. The molecule has 5 rings (SSSR count). The quantitative estimate of drug-likeness (QED) is 0.240. The van der Waals surface area contributed by atoms with Gasteiger partial charge in [-0.15, -0.1) is 0 Å². The van der Waals surface area contributed by atoms with Gasteiger partial charge in [-0.1, -0.05) is 30.3 Å². The summed E-state index contributed by atoms with van der Waals surface area (Å²) < 4.78 is 22.6. The van der Waals surface area contributed by atoms with E-state index in [4.69, 9.17) is 18.9 Å². The molecule has 0 saturated carbocycles. The highest BCUT2D eigenvalue weighted by molar-refractivity contribution is 5.93. The molecule has 0 spiro atoms. The van der Waals surface area contributed by atoms with Crippen LogP contribution in [0.2, 0.25) is 0 Å². The molecule has 2 aromatic heterocycles. The van der Waals surface area contributed by atoms with Gasteiger partial charge in [0.15, 0.2) is 23.5 Å². The fraction of sp³-hybridized carbons (Fsp3) is 0.250. The standard InChI is InChI=1S/C28H29N7O6/c1-17-11-24(31-25-13-21(18(2)36)33-34-25)32-27(30-17)41-22-10-9-20(12-23(22)38-3)35(26-15-39-16-40-26)28(37)29-14-19-7-5-4-6-8-19/h4-13,26H,14-16H2,1-3H3,(H,29,37)(H2,30,31,32,33,34). The highest BCUT2D eigenvalue weighted by Crippen LogP contribution is 2.35. The zero-order valence-corrected chi connectivity index (χ0v) is 22.7. The largest absolute Gasteiger partial charge is 0.493 e. The third-order valence-corrected chi connectivity index (χ3v) is 6.06. The summed E-state index contributed by atoms with van der Waals surface area (Å²) in [5, 5.41) is 12.7. The number of carbonyl (C=O) groups is 2. The number of nitrogens with zero attached hydrogens (tertiary/aromatic N) is 4. The number of Topliss-reactive ketones (excluding diaryl/α,β-unsaturated/α-hetero) is 1. The highest BCUT2D eigenvalue weighted by Gasteiger charge is 2.30. The average Bonchev–Trinajstić information content (AvgIpc) is 3.66. The third kappa shape index (κ3) is 6.77. The second kappa shape index (κ2) is 12.4. The summed E-state index contributed by atoms with van der Waals surface area (Å²) in [4.78, 5) is 35.1. The van der Waals surface area contributed by atoms with Crippen LogP contribution in [0.5, 0.6) is 17.5 Å². The van der Waals surface area contributed by atoms with Gasteiger partial charge in [0.25, 0.3) is 0 Å². The molecule has 2 amide bonds. The second-order valence-electron chi connectivity index (χ2n) is 9.09. The van der Waals surface area contributed by atoms with Crippen molar-refractivity contribution in [3.05, 3.63) is 77.6 Å². The van der Waals surface area contributed by atoms with Crippen LogP contribution in [0.25, 0.3) is 0 Å². The lowest BCUT2D eigenvalue weighted by Gasteiger charge is -2.28. The minimum atomic E-state index is -0.623. The Labute approximate surface area is 235 Å². The van der Waals surface area contributed by atoms with Crippen molar-refractivity contribution < 1.29 is 28.5 Å². The molecular weight excluding hydrogens is 530 g/mol. The minimum absolute atomic E-state index is 0.0647. The molecule has 13 heteroatoms. The van der Waals surface area contributed by atoms with E-state index in [2.05, 4.69) is 30.8 Å². The Bertz CT molecular complexity index is 1520. The number of urea groups is 1. The summed E-state index contributed by atoms with van der Waals surface area (Å²) in [6, 6.07) is 17.7. The van der Waals surface area contributed by atoms with Crippen LogP contribution in [0.1, 0.15) is 28.7 Å². The van der Waals surface area contributed by atoms with E-state index in [0.29, 0.717) is 46.8 Å². The van der Waals surface area contributed by atoms with Crippen molar-refractivity contribution in [3.8, 4) is 17.5 Å². The molecule has 1 aliphatic heterocycles. The predicted molar refractivity (Wildman–Crippen MR) is 149 cm³/mol. The monoisotopic (exact) mass is 559 g/mol. The molecule has 0 aliphatic carbocycles. The van der Waals surface area contributed by atoms with Gasteiger partial charge >= 0.3 is 12.0 Å². The Kier molecular flexibility index (Phi) is 8.36. The summed E-state index contributed by atoms with van der Waals surface area (Å²) in [6.07, 6.45) is -0.623. The Morgan fingerprint density at radius 2 is 1.93 bits per heavy atom. The molecule has 212 valence electrons. The van der Waals surface area contributed by atoms with Crippen molar-refractivity contribution in [2.45, 2.75) is 26.6 Å². The minimum Gasteiger partial charge on any atom is -0.493 e. The summed E-state index contributed by atoms with van der Waals surface area (Å²) in [5.41, 5.74) is 2.42. The van der Waals surface area contributed by atoms with Crippen LogP contribution in [0.3, 0.4) is 0 Å². The molecule has 0 radical (unpaired) electrons. The fourth-order valence-corrected chi connectivity index (χ4v) is 4.09. The smallest absolute Gasteiger partial charge is 0.324 e. The molecule has 1 aliphatic rings. The number of ketones is 1. The van der Waals surface area contributed by atoms with Gasteiger partial charge in [-0.25, -0.2) is 9.78 Å². The van der Waals surface area contributed by atoms with Crippen molar-refractivity contribution in [2.75, 3.05) is 30.7 Å². The topological polar surface area (TPSA) is 153 Å². The molecule has 0 bridgehead atoms. The Morgan fingerprint density at radius 3 is 2.63 bits per heavy atom. The summed E-state index contributed by atoms with van der Waals surface area (Å²) in [5.74, 6) is 1.45. The Hall–Kier alpha value is -5.01. The normalized spacial score (nSPS) is 14.4. The molecule has 13 nitrogen and oxygen atoms in total. The van der Waals surface area contributed by atoms with Crippen LogP contribution in [-0.2, 0) is 16.0 Å². The molecule has 3 heterocycles. The zero-order valence-electron chi connectivity index (χ0n) is 22.7. The number of hydrogen-bond acceptors (Lipinski definition) is 10. The number of anilines is 3. The number of aromatic amines is 1. The molecule has 3 N–H and O–H groups in total. The number of aryl methyl sites for hydroxylation is 1. The number of rotatable bonds is 10. The molecule has 4 aromatic rings. The van der Waals surface area contributed by atoms with Gasteiger partial charge in [0.1, 0.15) is 24.1 Å². The van der Waals surface area contributed by atoms with Crippen LogP contribution >= 0.6 is 0 Å². The lowest BCUT2D eigenvalue weighted by atomic mass is 10.2. The van der Waals surface area contributed by atoms with E-state index in [9.17, 15) is 9.59 Å². The van der Waals surface area contributed by atoms with Crippen LogP contribution in [-0.4, -0.2) is 58.7 Å². The Balaban J connectivity index is 1.35. The van der Waals surface area contributed by atoms with Gasteiger partial charge in [0, 0.05) is 37.4 Å². The molecule has 1 unspecified atom stereocenters. The van der Waals surface area contributed by atoms with Gasteiger partial charge in [-0.3, -0.25) is 14.8 Å². The maximum Gasteiger partial charge on any atom is 0.324 e. The van der Waals surface area contributed by atoms with E-state index in [-0.39, 0.29) is 31.2 Å². The lowest BCUT2D eigenvalue weighted by Crippen LogP contribution is -2.47. The first-order valence-corrected chi connectivity index (χ1v) is 12.7. The SMILES string of the molecule is COc1cc(N(C(=O)NCc2ccccc2)C2COCO2)ccc1Oc1nc(C)cc(Nc2cc(C(C)=O)n[nH]2)n1. The van der Waals surface area contributed by atoms with Gasteiger partial charge in [0.2, 0.25) is 0 Å². The molecule has 41 heavy (non-hydrogen) atoms. The first kappa shape index (κ1) is 27.6. The van der Waals surface area contributed by atoms with E-state index >= 15 is 0 Å². The maximum atomic E-state index is 13.3. The van der Waals surface area contributed by atoms with Crippen molar-refractivity contribution in [1.82, 2.24) is 25.5 Å². The van der Waals surface area contributed by atoms with Crippen LogP contribution in [0.15, 0.2) is 60.7 Å². The van der Waals surface area contributed by atoms with Crippen molar-refractivity contribution in [2.24, 2.45) is 0 Å². The molecule has 1 atom stereocenters. The van der Waals surface area contributed by atoms with Crippen molar-refractivity contribution >= 4 is 29.1 Å². The molecule has 2 aromatic carbocycles. The maximum absolute atomic E-state index is 13.3. The highest BCUT2D eigenvalue weighted by atomic mass is 16.7. The lowest BCUT2D eigenvalue weighted by molar-refractivity contribution is 0.0476. The predicted octanol–water partition coefficient (Wildman–Crippen LogP) is 4.30. The number of ether oxygens (including phenoxy) is 4. The number of hydrogen-bond donors (Lipinski definition) is 3. The number of amides is 2. The summed E-state index contributed by atoms with van der Waals surface area (Å²) in [7, 11) is 1.50. The van der Waals surface area contributed by atoms with Gasteiger partial charge in [0.05, 0.1) is 19.4 Å². The number of carbonyl (C=O) groups excluding carboxylic acids is 2. The van der Waals surface area contributed by atoms with Crippen molar-refractivity contribution in [3.63, 3.8) is 0 Å². The van der Waals surface area contributed by atoms with Gasteiger partial charge in [-0.05, 0) is 24.6 Å². The first-order valence-electron chi connectivity index (χ1n) is 12.7. The van der Waals surface area contributed by atoms with E-state index in [1.165, 1.54) is 18.9 Å². The van der Waals surface area contributed by atoms with E-state index in [1.54, 1.807) is 37.3 Å². The van der Waals surface area contributed by atoms with Crippen LogP contribution in [0.4, 0.5) is 22.1 Å². The molecule has 1 saturated heterocycles. The van der Waals surface area contributed by atoms with E-state index in [1.807, 2.05) is 30.3 Å². The van der Waals surface area contributed by atoms with E-state index < -0.39 is 6.23 Å². The third-order valence-electron chi connectivity index (χ3n) is 6.06. The number of benzene rings is 2. The van der Waals surface area contributed by atoms with E-state index in [0.717, 1.165) is 5.56 Å². The Morgan fingerprint density at radius 1 is 1.10 bits per heavy atom. The summed E-state index contributed by atoms with van der Waals surface area (Å²) in [6.45, 7) is 3.88. The fourth-order valence-electron chi connectivity index (χ4n) is 4.09. The second-order valence-corrected chi connectivity index (χ2v) is 9.09. The molecule has 1 fully saturated rings. The number of nitrogens with one attached hydrogen (secondary N) is 3. The van der Waals surface area contributed by atoms with Crippen LogP contribution in [0, 0.1) is 6.92 Å². The van der Waals surface area contributed by atoms with Crippen molar-refractivity contribution in [1.29, 1.82) is 0 Å². The molecular formula is C28H29N7O6. The van der Waals surface area contributed by atoms with Gasteiger partial charge in [-0.2, -0.15) is 10.1 Å². The van der Waals surface area contributed by atoms with Crippen LogP contribution < -0.4 is 25.0 Å². The summed E-state index contributed by atoms with van der Waals surface area (Å²) >= 11 is 0. The number of H-pyrrole nitrogens is 1. The zero-order chi connectivity index (χ0) is 28.8. The number of aromatic nitrogens is 4. The average molecular weight is 560 g/mol.